The molecule has 3 rings (SSSR count). The summed E-state index contributed by atoms with van der Waals surface area (Å²) in [5.74, 6) is 0.250. The Morgan fingerprint density at radius 2 is 1.95 bits per heavy atom. The number of aromatic hydroxyl groups is 1. The summed E-state index contributed by atoms with van der Waals surface area (Å²) >= 11 is 0. The quantitative estimate of drug-likeness (QED) is 0.939. The lowest BCUT2D eigenvalue weighted by atomic mass is 10.2. The van der Waals surface area contributed by atoms with Crippen LogP contribution in [0.3, 0.4) is 0 Å². The van der Waals surface area contributed by atoms with Gasteiger partial charge in [-0.2, -0.15) is 0 Å². The molecule has 0 spiro atoms. The van der Waals surface area contributed by atoms with Gasteiger partial charge in [0.1, 0.15) is 12.0 Å². The van der Waals surface area contributed by atoms with Crippen LogP contribution in [0.5, 0.6) is 5.75 Å². The first kappa shape index (κ1) is 14.7. The van der Waals surface area contributed by atoms with E-state index >= 15 is 0 Å². The van der Waals surface area contributed by atoms with Crippen molar-refractivity contribution in [3.63, 3.8) is 0 Å². The molecule has 1 aromatic carbocycles. The van der Waals surface area contributed by atoms with E-state index in [-0.39, 0.29) is 11.2 Å². The standard InChI is InChI=1S/C17H20N2O3/c1-13-3-2-4-14(9-13)19-7-5-18(6-8-19)11-15-10-16(20)17(21)12-22-15/h2-4,9-10,12,21H,5-8,11H2,1H3. The second kappa shape index (κ2) is 6.23. The Labute approximate surface area is 129 Å². The second-order valence-electron chi connectivity index (χ2n) is 5.70. The maximum atomic E-state index is 11.4. The van der Waals surface area contributed by atoms with E-state index in [0.29, 0.717) is 12.3 Å². The monoisotopic (exact) mass is 300 g/mol. The first-order valence-electron chi connectivity index (χ1n) is 7.46. The number of piperazine rings is 1. The first-order valence-corrected chi connectivity index (χ1v) is 7.46. The van der Waals surface area contributed by atoms with E-state index in [1.807, 2.05) is 0 Å². The van der Waals surface area contributed by atoms with Crippen molar-refractivity contribution in [2.75, 3.05) is 31.1 Å². The van der Waals surface area contributed by atoms with Crippen LogP contribution in [0, 0.1) is 6.92 Å². The summed E-state index contributed by atoms with van der Waals surface area (Å²) in [6.45, 7) is 6.43. The fourth-order valence-electron chi connectivity index (χ4n) is 2.74. The third-order valence-corrected chi connectivity index (χ3v) is 3.99. The molecule has 1 aromatic heterocycles. The molecule has 1 N–H and O–H groups in total. The van der Waals surface area contributed by atoms with Gasteiger partial charge in [0.05, 0.1) is 6.54 Å². The molecule has 5 heteroatoms. The van der Waals surface area contributed by atoms with Crippen molar-refractivity contribution < 1.29 is 9.52 Å². The summed E-state index contributed by atoms with van der Waals surface area (Å²) in [5.41, 5.74) is 2.14. The van der Waals surface area contributed by atoms with E-state index in [4.69, 9.17) is 4.42 Å². The summed E-state index contributed by atoms with van der Waals surface area (Å²) < 4.78 is 5.26. The Bertz CT molecular complexity index is 703. The number of rotatable bonds is 3. The number of hydrogen-bond donors (Lipinski definition) is 1. The molecule has 1 aliphatic rings. The third-order valence-electron chi connectivity index (χ3n) is 3.99. The average molecular weight is 300 g/mol. The zero-order valence-electron chi connectivity index (χ0n) is 12.7. The summed E-state index contributed by atoms with van der Waals surface area (Å²) in [6, 6.07) is 9.90. The maximum Gasteiger partial charge on any atom is 0.226 e. The largest absolute Gasteiger partial charge is 0.502 e. The van der Waals surface area contributed by atoms with Crippen LogP contribution < -0.4 is 10.3 Å². The molecule has 0 bridgehead atoms. The fraction of sp³-hybridized carbons (Fsp3) is 0.353. The molecular formula is C17H20N2O3. The highest BCUT2D eigenvalue weighted by Gasteiger charge is 2.18. The molecule has 0 saturated carbocycles. The predicted molar refractivity (Wildman–Crippen MR) is 85.3 cm³/mol. The van der Waals surface area contributed by atoms with Gasteiger partial charge >= 0.3 is 0 Å². The Balaban J connectivity index is 1.59. The Morgan fingerprint density at radius 3 is 2.64 bits per heavy atom. The van der Waals surface area contributed by atoms with Crippen LogP contribution in [-0.2, 0) is 6.54 Å². The average Bonchev–Trinajstić information content (AvgIpc) is 2.52. The number of anilines is 1. The molecule has 0 radical (unpaired) electrons. The van der Waals surface area contributed by atoms with Gasteiger partial charge in [0.2, 0.25) is 5.43 Å². The molecule has 22 heavy (non-hydrogen) atoms. The molecular weight excluding hydrogens is 280 g/mol. The van der Waals surface area contributed by atoms with Crippen molar-refractivity contribution >= 4 is 5.69 Å². The van der Waals surface area contributed by atoms with Crippen LogP contribution in [0.15, 0.2) is 45.8 Å². The molecule has 1 saturated heterocycles. The van der Waals surface area contributed by atoms with Crippen LogP contribution in [0.25, 0.3) is 0 Å². The molecule has 1 aliphatic heterocycles. The summed E-state index contributed by atoms with van der Waals surface area (Å²) in [6.07, 6.45) is 1.11. The van der Waals surface area contributed by atoms with Gasteiger partial charge in [-0.25, -0.2) is 0 Å². The Kier molecular flexibility index (Phi) is 4.15. The van der Waals surface area contributed by atoms with Gasteiger partial charge in [-0.1, -0.05) is 12.1 Å². The predicted octanol–water partition coefficient (Wildman–Crippen LogP) is 1.98. The number of benzene rings is 1. The third kappa shape index (κ3) is 3.31. The molecule has 0 unspecified atom stereocenters. The van der Waals surface area contributed by atoms with Crippen molar-refractivity contribution in [1.82, 2.24) is 4.90 Å². The van der Waals surface area contributed by atoms with Crippen LogP contribution in [0.4, 0.5) is 5.69 Å². The highest BCUT2D eigenvalue weighted by atomic mass is 16.4. The number of aryl methyl sites for hydroxylation is 1. The van der Waals surface area contributed by atoms with Crippen LogP contribution in [-0.4, -0.2) is 36.2 Å². The van der Waals surface area contributed by atoms with Crippen molar-refractivity contribution in [3.8, 4) is 5.75 Å². The lowest BCUT2D eigenvalue weighted by Crippen LogP contribution is -2.46. The van der Waals surface area contributed by atoms with Crippen LogP contribution >= 0.6 is 0 Å². The topological polar surface area (TPSA) is 56.9 Å². The molecule has 0 atom stereocenters. The molecule has 0 amide bonds. The van der Waals surface area contributed by atoms with Gasteiger partial charge in [0, 0.05) is 37.9 Å². The van der Waals surface area contributed by atoms with Gasteiger partial charge in [-0.05, 0) is 24.6 Å². The van der Waals surface area contributed by atoms with Gasteiger partial charge in [0.25, 0.3) is 0 Å². The molecule has 0 aliphatic carbocycles. The van der Waals surface area contributed by atoms with Gasteiger partial charge in [-0.3, -0.25) is 9.69 Å². The highest BCUT2D eigenvalue weighted by Crippen LogP contribution is 2.18. The van der Waals surface area contributed by atoms with E-state index in [9.17, 15) is 9.90 Å². The minimum absolute atomic E-state index is 0.340. The molecule has 5 nitrogen and oxygen atoms in total. The zero-order chi connectivity index (χ0) is 15.5. The van der Waals surface area contributed by atoms with E-state index in [2.05, 4.69) is 41.0 Å². The van der Waals surface area contributed by atoms with Crippen LogP contribution in [0.2, 0.25) is 0 Å². The van der Waals surface area contributed by atoms with Crippen molar-refractivity contribution in [2.45, 2.75) is 13.5 Å². The summed E-state index contributed by atoms with van der Waals surface area (Å²) in [5, 5.41) is 9.21. The second-order valence-corrected chi connectivity index (χ2v) is 5.70. The number of hydrogen-bond acceptors (Lipinski definition) is 5. The molecule has 2 aromatic rings. The SMILES string of the molecule is Cc1cccc(N2CCN(Cc3cc(=O)c(O)co3)CC2)c1. The van der Waals surface area contributed by atoms with E-state index < -0.39 is 0 Å². The van der Waals surface area contributed by atoms with Crippen molar-refractivity contribution in [1.29, 1.82) is 0 Å². The lowest BCUT2D eigenvalue weighted by molar-refractivity contribution is 0.227. The first-order chi connectivity index (χ1) is 10.6. The Morgan fingerprint density at radius 1 is 1.18 bits per heavy atom. The normalized spacial score (nSPS) is 16.0. The highest BCUT2D eigenvalue weighted by molar-refractivity contribution is 5.48. The fourth-order valence-corrected chi connectivity index (χ4v) is 2.74. The number of nitrogens with zero attached hydrogens (tertiary/aromatic N) is 2. The molecule has 1 fully saturated rings. The van der Waals surface area contributed by atoms with E-state index in [1.54, 1.807) is 0 Å². The van der Waals surface area contributed by atoms with E-state index in [0.717, 1.165) is 32.4 Å². The summed E-state index contributed by atoms with van der Waals surface area (Å²) in [7, 11) is 0. The molecule has 2 heterocycles. The lowest BCUT2D eigenvalue weighted by Gasteiger charge is -2.35. The van der Waals surface area contributed by atoms with Crippen molar-refractivity contribution in [2.24, 2.45) is 0 Å². The van der Waals surface area contributed by atoms with E-state index in [1.165, 1.54) is 17.3 Å². The van der Waals surface area contributed by atoms with Crippen molar-refractivity contribution in [3.05, 3.63) is 58.1 Å². The van der Waals surface area contributed by atoms with Crippen LogP contribution in [0.1, 0.15) is 11.3 Å². The molecule has 116 valence electrons. The van der Waals surface area contributed by atoms with Gasteiger partial charge in [-0.15, -0.1) is 0 Å². The minimum atomic E-state index is -0.389. The summed E-state index contributed by atoms with van der Waals surface area (Å²) in [4.78, 5) is 16.0. The van der Waals surface area contributed by atoms with Gasteiger partial charge < -0.3 is 14.4 Å². The maximum absolute atomic E-state index is 11.4. The smallest absolute Gasteiger partial charge is 0.226 e. The minimum Gasteiger partial charge on any atom is -0.502 e. The van der Waals surface area contributed by atoms with Gasteiger partial charge in [0.15, 0.2) is 5.75 Å². The Hall–Kier alpha value is -2.27. The zero-order valence-corrected chi connectivity index (χ0v) is 12.7.